The number of anilines is 1. The lowest BCUT2D eigenvalue weighted by Gasteiger charge is -2.44. The molecule has 2 N–H and O–H groups in total. The zero-order valence-electron chi connectivity index (χ0n) is 26.4. The summed E-state index contributed by atoms with van der Waals surface area (Å²) in [5.74, 6) is 0.936. The molecular weight excluding hydrogens is 608 g/mol. The normalized spacial score (nSPS) is 23.4. The number of fused-ring (bicyclic) bond motifs is 3. The van der Waals surface area contributed by atoms with Crippen molar-refractivity contribution in [3.63, 3.8) is 0 Å². The van der Waals surface area contributed by atoms with Gasteiger partial charge < -0.3 is 34.2 Å². The van der Waals surface area contributed by atoms with E-state index in [1.165, 1.54) is 31.4 Å². The van der Waals surface area contributed by atoms with Crippen LogP contribution in [0, 0.1) is 29.4 Å². The third kappa shape index (κ3) is 5.46. The van der Waals surface area contributed by atoms with Crippen molar-refractivity contribution in [2.45, 2.75) is 44.2 Å². The zero-order valence-corrected chi connectivity index (χ0v) is 26.4. The Morgan fingerprint density at radius 1 is 1.13 bits per heavy atom. The Labute approximate surface area is 271 Å². The predicted molar refractivity (Wildman–Crippen MR) is 173 cm³/mol. The fourth-order valence-electron chi connectivity index (χ4n) is 7.85. The average Bonchev–Trinajstić information content (AvgIpc) is 3.39. The lowest BCUT2D eigenvalue weighted by molar-refractivity contribution is 0.0133. The Balaban J connectivity index is 1.43. The highest BCUT2D eigenvalue weighted by Gasteiger charge is 2.47. The van der Waals surface area contributed by atoms with Crippen molar-refractivity contribution in [2.75, 3.05) is 58.5 Å². The molecule has 7 rings (SSSR count). The molecule has 3 aliphatic rings. The van der Waals surface area contributed by atoms with Crippen LogP contribution in [0.5, 0.6) is 17.6 Å². The summed E-state index contributed by atoms with van der Waals surface area (Å²) in [5, 5.41) is 22.0. The molecule has 2 aliphatic heterocycles. The molecule has 2 saturated heterocycles. The van der Waals surface area contributed by atoms with Crippen molar-refractivity contribution < 1.29 is 33.2 Å². The van der Waals surface area contributed by atoms with Crippen molar-refractivity contribution in [3.8, 4) is 41.2 Å². The smallest absolute Gasteiger partial charge is 0.319 e. The number of aromatic hydroxyl groups is 1. The Morgan fingerprint density at radius 3 is 2.77 bits per heavy atom. The lowest BCUT2D eigenvalue weighted by atomic mass is 9.76. The molecule has 12 heteroatoms. The Morgan fingerprint density at radius 2 is 1.96 bits per heavy atom. The highest BCUT2D eigenvalue weighted by Crippen LogP contribution is 2.48. The van der Waals surface area contributed by atoms with Crippen LogP contribution in [0.4, 0.5) is 14.6 Å². The molecule has 0 radical (unpaired) electrons. The first-order valence-corrected chi connectivity index (χ1v) is 15.9. The first-order valence-electron chi connectivity index (χ1n) is 15.9. The maximum absolute atomic E-state index is 17.0. The van der Waals surface area contributed by atoms with Crippen molar-refractivity contribution in [1.82, 2.24) is 19.9 Å². The summed E-state index contributed by atoms with van der Waals surface area (Å²) in [4.78, 5) is 18.1. The fraction of sp³-hybridized carbons (Fsp3) is 0.457. The van der Waals surface area contributed by atoms with Crippen molar-refractivity contribution in [3.05, 3.63) is 41.5 Å². The van der Waals surface area contributed by atoms with E-state index in [0.29, 0.717) is 31.2 Å². The van der Waals surface area contributed by atoms with E-state index in [9.17, 15) is 14.6 Å². The van der Waals surface area contributed by atoms with Gasteiger partial charge in [-0.05, 0) is 62.9 Å². The number of phenolic OH excluding ortho intramolecular Hbond substituents is 1. The van der Waals surface area contributed by atoms with Crippen LogP contribution >= 0.6 is 0 Å². The van der Waals surface area contributed by atoms with Gasteiger partial charge >= 0.3 is 6.01 Å². The molecule has 3 fully saturated rings. The summed E-state index contributed by atoms with van der Waals surface area (Å²) in [6.45, 7) is 2.38. The fourth-order valence-corrected chi connectivity index (χ4v) is 7.85. The second-order valence-corrected chi connectivity index (χ2v) is 12.8. The Kier molecular flexibility index (Phi) is 8.24. The molecule has 0 bridgehead atoms. The van der Waals surface area contributed by atoms with Crippen LogP contribution in [-0.4, -0.2) is 95.8 Å². The SMILES string of the molecule is C#Cc1c(F)ccc2cc(O)cc(-c3nc(OC)c4c(N5CCOCC(O)C5)nc(OCC56CCCC5N(C)CCC6)nc4c3F)c12. The van der Waals surface area contributed by atoms with Crippen molar-refractivity contribution >= 4 is 27.5 Å². The molecule has 2 aromatic carbocycles. The average molecular weight is 646 g/mol. The monoisotopic (exact) mass is 645 g/mol. The molecule has 3 unspecified atom stereocenters. The number of aliphatic hydroxyl groups is 1. The number of ether oxygens (including phenoxy) is 3. The van der Waals surface area contributed by atoms with Crippen molar-refractivity contribution in [1.29, 1.82) is 0 Å². The van der Waals surface area contributed by atoms with Gasteiger partial charge in [-0.15, -0.1) is 6.42 Å². The van der Waals surface area contributed by atoms with Crippen LogP contribution in [0.25, 0.3) is 32.9 Å². The highest BCUT2D eigenvalue weighted by molar-refractivity contribution is 6.04. The number of hydrogen-bond acceptors (Lipinski definition) is 10. The van der Waals surface area contributed by atoms with E-state index in [4.69, 9.17) is 25.6 Å². The largest absolute Gasteiger partial charge is 0.508 e. The molecule has 10 nitrogen and oxygen atoms in total. The van der Waals surface area contributed by atoms with E-state index in [1.54, 1.807) is 4.90 Å². The molecule has 3 atom stereocenters. The number of hydrogen-bond donors (Lipinski definition) is 2. The second kappa shape index (κ2) is 12.4. The van der Waals surface area contributed by atoms with E-state index in [2.05, 4.69) is 27.8 Å². The van der Waals surface area contributed by atoms with E-state index in [0.717, 1.165) is 38.6 Å². The lowest BCUT2D eigenvalue weighted by Crippen LogP contribution is -2.50. The second-order valence-electron chi connectivity index (χ2n) is 12.8. The number of rotatable bonds is 6. The third-order valence-electron chi connectivity index (χ3n) is 9.97. The molecule has 1 saturated carbocycles. The molecule has 0 spiro atoms. The van der Waals surface area contributed by atoms with Gasteiger partial charge in [-0.2, -0.15) is 9.97 Å². The molecular formula is C35H37F2N5O5. The first kappa shape index (κ1) is 31.3. The maximum Gasteiger partial charge on any atom is 0.319 e. The number of β-amino-alcohol motifs (C(OH)–C–C–N with tert-alkyl or cyclic N) is 1. The van der Waals surface area contributed by atoms with Gasteiger partial charge in [0.05, 0.1) is 38.6 Å². The minimum absolute atomic E-state index is 0.00360. The van der Waals surface area contributed by atoms with Gasteiger partial charge in [0, 0.05) is 35.5 Å². The number of nitrogens with zero attached hydrogens (tertiary/aromatic N) is 5. The first-order chi connectivity index (χ1) is 22.7. The maximum atomic E-state index is 17.0. The number of piperidine rings is 1. The topological polar surface area (TPSA) is 113 Å². The zero-order chi connectivity index (χ0) is 32.9. The molecule has 246 valence electrons. The molecule has 4 heterocycles. The summed E-state index contributed by atoms with van der Waals surface area (Å²) in [6.07, 6.45) is 10.2. The Hall–Kier alpha value is -4.31. The summed E-state index contributed by atoms with van der Waals surface area (Å²) in [7, 11) is 3.55. The number of aromatic nitrogens is 3. The number of pyridine rings is 1. The molecule has 2 aromatic heterocycles. The number of methoxy groups -OCH3 is 1. The summed E-state index contributed by atoms with van der Waals surface area (Å²) >= 11 is 0. The summed E-state index contributed by atoms with van der Waals surface area (Å²) in [5.41, 5.74) is -0.456. The van der Waals surface area contributed by atoms with Gasteiger partial charge in [-0.25, -0.2) is 13.8 Å². The highest BCUT2D eigenvalue weighted by atomic mass is 19.1. The number of phenols is 1. The molecule has 47 heavy (non-hydrogen) atoms. The quantitative estimate of drug-likeness (QED) is 0.287. The number of likely N-dealkylation sites (tertiary alicyclic amines) is 1. The third-order valence-corrected chi connectivity index (χ3v) is 9.97. The minimum atomic E-state index is -0.852. The summed E-state index contributed by atoms with van der Waals surface area (Å²) in [6, 6.07) is 5.74. The van der Waals surface area contributed by atoms with Gasteiger partial charge in [-0.1, -0.05) is 18.4 Å². The van der Waals surface area contributed by atoms with Crippen LogP contribution in [0.2, 0.25) is 0 Å². The predicted octanol–water partition coefficient (Wildman–Crippen LogP) is 4.66. The summed E-state index contributed by atoms with van der Waals surface area (Å²) < 4.78 is 49.6. The molecule has 4 aromatic rings. The van der Waals surface area contributed by atoms with Crippen LogP contribution in [0.15, 0.2) is 24.3 Å². The van der Waals surface area contributed by atoms with Gasteiger partial charge in [-0.3, -0.25) is 0 Å². The van der Waals surface area contributed by atoms with Crippen LogP contribution in [-0.2, 0) is 4.74 Å². The minimum Gasteiger partial charge on any atom is -0.508 e. The van der Waals surface area contributed by atoms with Gasteiger partial charge in [0.15, 0.2) is 5.82 Å². The van der Waals surface area contributed by atoms with E-state index < -0.39 is 17.7 Å². The van der Waals surface area contributed by atoms with Gasteiger partial charge in [0.1, 0.15) is 34.0 Å². The Bertz CT molecular complexity index is 1900. The van der Waals surface area contributed by atoms with Crippen LogP contribution in [0.3, 0.4) is 0 Å². The molecule has 0 amide bonds. The van der Waals surface area contributed by atoms with E-state index in [1.807, 2.05) is 0 Å². The number of aliphatic hydroxyl groups excluding tert-OH is 1. The van der Waals surface area contributed by atoms with E-state index >= 15 is 4.39 Å². The molecule has 1 aliphatic carbocycles. The van der Waals surface area contributed by atoms with Gasteiger partial charge in [0.25, 0.3) is 0 Å². The van der Waals surface area contributed by atoms with Crippen LogP contribution in [0.1, 0.15) is 37.7 Å². The van der Waals surface area contributed by atoms with Gasteiger partial charge in [0.2, 0.25) is 5.88 Å². The number of halogens is 2. The number of benzene rings is 2. The van der Waals surface area contributed by atoms with Crippen molar-refractivity contribution in [2.24, 2.45) is 5.41 Å². The standard InChI is InChI=1S/C35H37F2N5O5/c1-4-23-25(36)9-8-20-15-21(43)16-24(27(20)23)30-29(37)31-28(33(38-30)45-3)32(42-13-14-46-18-22(44)17-42)40-34(39-31)47-19-35-10-5-7-26(35)41(2)12-6-11-35/h1,8-9,15-16,22,26,43-44H,5-7,10-14,17-19H2,2-3H3. The van der Waals surface area contributed by atoms with E-state index in [-0.39, 0.29) is 75.1 Å². The number of terminal acetylenes is 1. The van der Waals surface area contributed by atoms with Crippen LogP contribution < -0.4 is 14.4 Å².